The van der Waals surface area contributed by atoms with Crippen LogP contribution in [0.5, 0.6) is 0 Å². The van der Waals surface area contributed by atoms with Crippen LogP contribution in [-0.4, -0.2) is 14.8 Å². The Morgan fingerprint density at radius 1 is 0.893 bits per heavy atom. The Morgan fingerprint density at radius 2 is 1.68 bits per heavy atom. The van der Waals surface area contributed by atoms with E-state index >= 15 is 0 Å². The SMILES string of the molecule is Cc1ccc(-n2c(SCc3cccc(Cl)c3)nnc2-c2ccccc2Cl)cc1. The number of benzene rings is 3. The zero-order valence-corrected chi connectivity index (χ0v) is 17.5. The Morgan fingerprint density at radius 3 is 2.43 bits per heavy atom. The first kappa shape index (κ1) is 19.1. The fraction of sp³-hybridized carbons (Fsp3) is 0.0909. The lowest BCUT2D eigenvalue weighted by molar-refractivity contribution is 0.885. The number of hydrogen-bond donors (Lipinski definition) is 0. The number of thioether (sulfide) groups is 1. The molecule has 6 heteroatoms. The molecule has 28 heavy (non-hydrogen) atoms. The summed E-state index contributed by atoms with van der Waals surface area (Å²) in [6.07, 6.45) is 0. The van der Waals surface area contributed by atoms with E-state index in [2.05, 4.69) is 52.0 Å². The maximum atomic E-state index is 6.44. The third-order valence-corrected chi connectivity index (χ3v) is 5.86. The number of hydrogen-bond acceptors (Lipinski definition) is 3. The Hall–Kier alpha value is -2.27. The summed E-state index contributed by atoms with van der Waals surface area (Å²) in [6, 6.07) is 23.8. The molecule has 0 saturated heterocycles. The van der Waals surface area contributed by atoms with E-state index in [0.29, 0.717) is 5.02 Å². The summed E-state index contributed by atoms with van der Waals surface area (Å²) in [6.45, 7) is 2.07. The van der Waals surface area contributed by atoms with Gasteiger partial charge in [-0.1, -0.05) is 76.9 Å². The molecule has 0 bridgehead atoms. The molecule has 0 aliphatic heterocycles. The maximum absolute atomic E-state index is 6.44. The van der Waals surface area contributed by atoms with Gasteiger partial charge in [0.05, 0.1) is 5.02 Å². The molecule has 0 unspecified atom stereocenters. The van der Waals surface area contributed by atoms with Crippen LogP contribution < -0.4 is 0 Å². The molecule has 0 fully saturated rings. The second kappa shape index (κ2) is 8.39. The molecule has 0 atom stereocenters. The van der Waals surface area contributed by atoms with Crippen LogP contribution in [0.1, 0.15) is 11.1 Å². The van der Waals surface area contributed by atoms with Crippen LogP contribution in [0.15, 0.2) is 78.0 Å². The minimum Gasteiger partial charge on any atom is -0.270 e. The zero-order valence-electron chi connectivity index (χ0n) is 15.1. The van der Waals surface area contributed by atoms with E-state index in [-0.39, 0.29) is 0 Å². The average molecular weight is 426 g/mol. The van der Waals surface area contributed by atoms with Crippen LogP contribution in [-0.2, 0) is 5.75 Å². The highest BCUT2D eigenvalue weighted by Crippen LogP contribution is 2.33. The zero-order chi connectivity index (χ0) is 19.5. The van der Waals surface area contributed by atoms with Crippen LogP contribution in [0.2, 0.25) is 10.0 Å². The van der Waals surface area contributed by atoms with Crippen LogP contribution in [0, 0.1) is 6.92 Å². The number of aromatic nitrogens is 3. The lowest BCUT2D eigenvalue weighted by Gasteiger charge is -2.11. The monoisotopic (exact) mass is 425 g/mol. The molecule has 140 valence electrons. The van der Waals surface area contributed by atoms with Gasteiger partial charge in [-0.15, -0.1) is 10.2 Å². The molecule has 0 saturated carbocycles. The molecule has 1 aromatic heterocycles. The minimum atomic E-state index is 0.648. The molecule has 1 heterocycles. The summed E-state index contributed by atoms with van der Waals surface area (Å²) in [5.74, 6) is 1.47. The van der Waals surface area contributed by atoms with Crippen molar-refractivity contribution in [3.8, 4) is 17.1 Å². The van der Waals surface area contributed by atoms with Crippen molar-refractivity contribution in [2.24, 2.45) is 0 Å². The van der Waals surface area contributed by atoms with Gasteiger partial charge in [-0.25, -0.2) is 0 Å². The smallest absolute Gasteiger partial charge is 0.196 e. The van der Waals surface area contributed by atoms with Gasteiger partial charge in [-0.05, 0) is 48.9 Å². The standard InChI is InChI=1S/C22H17Cl2N3S/c1-15-9-11-18(12-10-15)27-21(19-7-2-3-8-20(19)24)25-26-22(27)28-14-16-5-4-6-17(23)13-16/h2-13H,14H2,1H3. The van der Waals surface area contributed by atoms with Crippen LogP contribution in [0.3, 0.4) is 0 Å². The lowest BCUT2D eigenvalue weighted by Crippen LogP contribution is -2.00. The predicted molar refractivity (Wildman–Crippen MR) is 118 cm³/mol. The number of rotatable bonds is 5. The molecular weight excluding hydrogens is 409 g/mol. The Bertz CT molecular complexity index is 1110. The third kappa shape index (κ3) is 4.09. The van der Waals surface area contributed by atoms with E-state index in [9.17, 15) is 0 Å². The van der Waals surface area contributed by atoms with Gasteiger partial charge >= 0.3 is 0 Å². The van der Waals surface area contributed by atoms with Gasteiger partial charge in [0, 0.05) is 22.0 Å². The summed E-state index contributed by atoms with van der Waals surface area (Å²) >= 11 is 14.2. The largest absolute Gasteiger partial charge is 0.270 e. The van der Waals surface area contributed by atoms with Crippen molar-refractivity contribution in [3.05, 3.63) is 94.0 Å². The van der Waals surface area contributed by atoms with E-state index in [0.717, 1.165) is 38.6 Å². The summed E-state index contributed by atoms with van der Waals surface area (Å²) in [5.41, 5.74) is 4.19. The summed E-state index contributed by atoms with van der Waals surface area (Å²) in [5, 5.41) is 11.1. The van der Waals surface area contributed by atoms with Gasteiger partial charge in [-0.2, -0.15) is 0 Å². The van der Waals surface area contributed by atoms with Crippen LogP contribution >= 0.6 is 35.0 Å². The summed E-state index contributed by atoms with van der Waals surface area (Å²) in [4.78, 5) is 0. The number of halogens is 2. The first-order chi connectivity index (χ1) is 13.6. The fourth-order valence-corrected chi connectivity index (χ4v) is 4.21. The molecule has 0 aliphatic rings. The van der Waals surface area contributed by atoms with Crippen molar-refractivity contribution >= 4 is 35.0 Å². The van der Waals surface area contributed by atoms with Gasteiger partial charge in [0.2, 0.25) is 0 Å². The highest BCUT2D eigenvalue weighted by molar-refractivity contribution is 7.98. The molecule has 0 N–H and O–H groups in total. The second-order valence-corrected chi connectivity index (χ2v) is 8.16. The van der Waals surface area contributed by atoms with Crippen molar-refractivity contribution in [2.75, 3.05) is 0 Å². The topological polar surface area (TPSA) is 30.7 Å². The van der Waals surface area contributed by atoms with E-state index in [1.54, 1.807) is 11.8 Å². The van der Waals surface area contributed by atoms with Crippen molar-refractivity contribution in [1.29, 1.82) is 0 Å². The third-order valence-electron chi connectivity index (χ3n) is 4.30. The number of nitrogens with zero attached hydrogens (tertiary/aromatic N) is 3. The number of aryl methyl sites for hydroxylation is 1. The van der Waals surface area contributed by atoms with E-state index in [4.69, 9.17) is 23.2 Å². The Labute approximate surface area is 178 Å². The first-order valence-electron chi connectivity index (χ1n) is 8.76. The molecule has 4 rings (SSSR count). The second-order valence-electron chi connectivity index (χ2n) is 6.38. The van der Waals surface area contributed by atoms with Crippen LogP contribution in [0.4, 0.5) is 0 Å². The Balaban J connectivity index is 1.76. The first-order valence-corrected chi connectivity index (χ1v) is 10.5. The van der Waals surface area contributed by atoms with Crippen molar-refractivity contribution in [3.63, 3.8) is 0 Å². The highest BCUT2D eigenvalue weighted by Gasteiger charge is 2.18. The molecular formula is C22H17Cl2N3S. The van der Waals surface area contributed by atoms with Gasteiger partial charge in [-0.3, -0.25) is 4.57 Å². The van der Waals surface area contributed by atoms with Gasteiger partial charge in [0.25, 0.3) is 0 Å². The average Bonchev–Trinajstić information content (AvgIpc) is 3.11. The normalized spacial score (nSPS) is 11.0. The fourth-order valence-electron chi connectivity index (χ4n) is 2.88. The van der Waals surface area contributed by atoms with E-state index < -0.39 is 0 Å². The Kier molecular flexibility index (Phi) is 5.72. The molecule has 0 amide bonds. The van der Waals surface area contributed by atoms with E-state index in [1.165, 1.54) is 5.56 Å². The molecule has 3 nitrogen and oxygen atoms in total. The molecule has 0 spiro atoms. The van der Waals surface area contributed by atoms with Gasteiger partial charge in [0.1, 0.15) is 0 Å². The summed E-state index contributed by atoms with van der Waals surface area (Å²) in [7, 11) is 0. The lowest BCUT2D eigenvalue weighted by atomic mass is 10.2. The van der Waals surface area contributed by atoms with Crippen LogP contribution in [0.25, 0.3) is 17.1 Å². The van der Waals surface area contributed by atoms with Gasteiger partial charge in [0.15, 0.2) is 11.0 Å². The van der Waals surface area contributed by atoms with Gasteiger partial charge < -0.3 is 0 Å². The van der Waals surface area contributed by atoms with Crippen molar-refractivity contribution in [1.82, 2.24) is 14.8 Å². The molecule has 0 radical (unpaired) electrons. The highest BCUT2D eigenvalue weighted by atomic mass is 35.5. The van der Waals surface area contributed by atoms with Crippen molar-refractivity contribution < 1.29 is 0 Å². The van der Waals surface area contributed by atoms with E-state index in [1.807, 2.05) is 42.5 Å². The molecule has 0 aliphatic carbocycles. The maximum Gasteiger partial charge on any atom is 0.196 e. The quantitative estimate of drug-likeness (QED) is 0.327. The van der Waals surface area contributed by atoms with Crippen molar-refractivity contribution in [2.45, 2.75) is 17.8 Å². The predicted octanol–water partition coefficient (Wildman–Crippen LogP) is 6.84. The molecule has 4 aromatic rings. The summed E-state index contributed by atoms with van der Waals surface area (Å²) < 4.78 is 2.05. The minimum absolute atomic E-state index is 0.648. The molecule has 3 aromatic carbocycles.